The number of benzene rings is 2. The lowest BCUT2D eigenvalue weighted by molar-refractivity contribution is -0.119. The number of anilines is 2. The topological polar surface area (TPSA) is 95.6 Å². The molecule has 2 aromatic rings. The normalized spacial score (nSPS) is 15.6. The Bertz CT molecular complexity index is 1120. The Morgan fingerprint density at radius 3 is 2.45 bits per heavy atom. The summed E-state index contributed by atoms with van der Waals surface area (Å²) in [5.41, 5.74) is 4.47. The average molecular weight is 442 g/mol. The summed E-state index contributed by atoms with van der Waals surface area (Å²) in [5, 5.41) is 2.80. The van der Waals surface area contributed by atoms with Gasteiger partial charge in [0.1, 0.15) is 0 Å². The maximum atomic E-state index is 12.7. The Kier molecular flexibility index (Phi) is 5.85. The molecule has 0 unspecified atom stereocenters. The van der Waals surface area contributed by atoms with E-state index < -0.39 is 10.0 Å². The van der Waals surface area contributed by atoms with Gasteiger partial charge in [0, 0.05) is 36.8 Å². The molecule has 4 rings (SSSR count). The molecule has 164 valence electrons. The van der Waals surface area contributed by atoms with E-state index >= 15 is 0 Å². The van der Waals surface area contributed by atoms with Crippen LogP contribution in [0.25, 0.3) is 0 Å². The molecule has 2 aromatic carbocycles. The van der Waals surface area contributed by atoms with E-state index in [1.807, 2.05) is 32.0 Å². The zero-order chi connectivity index (χ0) is 22.2. The van der Waals surface area contributed by atoms with Crippen LogP contribution in [0.1, 0.15) is 36.0 Å². The summed E-state index contributed by atoms with van der Waals surface area (Å²) in [5.74, 6) is 0.0177. The minimum absolute atomic E-state index is 0.00232. The minimum atomic E-state index is -3.74. The Hall–Kier alpha value is -2.71. The highest BCUT2D eigenvalue weighted by molar-refractivity contribution is 7.89. The number of hydrogen-bond acceptors (Lipinski definition) is 4. The van der Waals surface area contributed by atoms with Crippen LogP contribution in [0.5, 0.6) is 0 Å². The zero-order valence-corrected chi connectivity index (χ0v) is 18.6. The van der Waals surface area contributed by atoms with Crippen LogP contribution in [-0.2, 0) is 26.0 Å². The van der Waals surface area contributed by atoms with Crippen LogP contribution in [0.3, 0.4) is 0 Å². The van der Waals surface area contributed by atoms with E-state index in [4.69, 9.17) is 0 Å². The van der Waals surface area contributed by atoms with Gasteiger partial charge in [-0.15, -0.1) is 0 Å². The number of nitrogens with one attached hydrogen (secondary N) is 2. The van der Waals surface area contributed by atoms with E-state index in [0.29, 0.717) is 18.7 Å². The highest BCUT2D eigenvalue weighted by atomic mass is 32.2. The van der Waals surface area contributed by atoms with Crippen molar-refractivity contribution in [3.05, 3.63) is 53.1 Å². The number of amides is 2. The summed E-state index contributed by atoms with van der Waals surface area (Å²) in [6.07, 6.45) is 2.56. The quantitative estimate of drug-likeness (QED) is 0.691. The molecule has 2 amide bonds. The van der Waals surface area contributed by atoms with E-state index in [-0.39, 0.29) is 35.6 Å². The Labute approximate surface area is 182 Å². The van der Waals surface area contributed by atoms with Crippen LogP contribution in [-0.4, -0.2) is 33.3 Å². The van der Waals surface area contributed by atoms with Gasteiger partial charge in [-0.05, 0) is 80.1 Å². The number of hydrogen-bond donors (Lipinski definition) is 2. The van der Waals surface area contributed by atoms with E-state index in [1.54, 1.807) is 17.0 Å². The van der Waals surface area contributed by atoms with Crippen molar-refractivity contribution in [3.63, 3.8) is 0 Å². The summed E-state index contributed by atoms with van der Waals surface area (Å²) < 4.78 is 27.8. The Balaban J connectivity index is 1.35. The number of rotatable bonds is 7. The van der Waals surface area contributed by atoms with Crippen molar-refractivity contribution < 1.29 is 18.0 Å². The first kappa shape index (κ1) is 21.5. The fourth-order valence-corrected chi connectivity index (χ4v) is 5.06. The molecule has 2 N–H and O–H groups in total. The van der Waals surface area contributed by atoms with Crippen LogP contribution in [0, 0.1) is 19.8 Å². The van der Waals surface area contributed by atoms with Gasteiger partial charge in [0.15, 0.2) is 0 Å². The molecule has 7 nitrogen and oxygen atoms in total. The van der Waals surface area contributed by atoms with Gasteiger partial charge in [-0.1, -0.05) is 6.07 Å². The van der Waals surface area contributed by atoms with E-state index in [2.05, 4.69) is 10.0 Å². The smallest absolute Gasteiger partial charge is 0.240 e. The van der Waals surface area contributed by atoms with Gasteiger partial charge in [0.2, 0.25) is 21.8 Å². The zero-order valence-electron chi connectivity index (χ0n) is 17.8. The molecule has 0 spiro atoms. The average Bonchev–Trinajstić information content (AvgIpc) is 3.45. The standard InChI is InChI=1S/C23H27N3O4S/c1-15-11-16(2)13-19(12-15)25-22(27)7-9-24-31(29,30)20-5-6-21-18(14-20)8-10-26(21)23(28)17-3-4-17/h5-6,11-14,17,24H,3-4,7-10H2,1-2H3,(H,25,27). The van der Waals surface area contributed by atoms with Gasteiger partial charge in [-0.25, -0.2) is 13.1 Å². The van der Waals surface area contributed by atoms with E-state index in [9.17, 15) is 18.0 Å². The monoisotopic (exact) mass is 441 g/mol. The molecule has 0 bridgehead atoms. The summed E-state index contributed by atoms with van der Waals surface area (Å²) in [6.45, 7) is 4.51. The maximum Gasteiger partial charge on any atom is 0.240 e. The van der Waals surface area contributed by atoms with Gasteiger partial charge >= 0.3 is 0 Å². The largest absolute Gasteiger partial charge is 0.326 e. The first-order valence-electron chi connectivity index (χ1n) is 10.5. The van der Waals surface area contributed by atoms with E-state index in [0.717, 1.165) is 35.2 Å². The number of carbonyl (C=O) groups is 2. The summed E-state index contributed by atoms with van der Waals surface area (Å²) >= 11 is 0. The van der Waals surface area contributed by atoms with Gasteiger partial charge in [0.25, 0.3) is 0 Å². The third kappa shape index (κ3) is 4.97. The van der Waals surface area contributed by atoms with E-state index in [1.165, 1.54) is 6.07 Å². The lowest BCUT2D eigenvalue weighted by atomic mass is 10.1. The van der Waals surface area contributed by atoms with Crippen LogP contribution >= 0.6 is 0 Å². The highest BCUT2D eigenvalue weighted by Gasteiger charge is 2.36. The number of aryl methyl sites for hydroxylation is 2. The van der Waals surface area contributed by atoms with Crippen LogP contribution < -0.4 is 14.9 Å². The third-order valence-electron chi connectivity index (χ3n) is 5.60. The summed E-state index contributed by atoms with van der Waals surface area (Å²) in [4.78, 5) is 26.5. The minimum Gasteiger partial charge on any atom is -0.326 e. The third-order valence-corrected chi connectivity index (χ3v) is 7.06. The molecular weight excluding hydrogens is 414 g/mol. The highest BCUT2D eigenvalue weighted by Crippen LogP contribution is 2.37. The predicted octanol–water partition coefficient (Wildman–Crippen LogP) is 2.91. The molecule has 1 fully saturated rings. The van der Waals surface area contributed by atoms with Crippen LogP contribution in [0.4, 0.5) is 11.4 Å². The van der Waals surface area contributed by atoms with Crippen molar-refractivity contribution in [1.29, 1.82) is 0 Å². The van der Waals surface area contributed by atoms with Crippen molar-refractivity contribution in [2.45, 2.75) is 44.4 Å². The summed E-state index contributed by atoms with van der Waals surface area (Å²) in [7, 11) is -3.74. The molecule has 0 atom stereocenters. The lowest BCUT2D eigenvalue weighted by Gasteiger charge is -2.17. The molecule has 0 radical (unpaired) electrons. The molecule has 8 heteroatoms. The van der Waals surface area contributed by atoms with Crippen LogP contribution in [0.2, 0.25) is 0 Å². The molecule has 1 aliphatic heterocycles. The number of sulfonamides is 1. The molecule has 1 saturated carbocycles. The first-order valence-corrected chi connectivity index (χ1v) is 12.0. The lowest BCUT2D eigenvalue weighted by Crippen LogP contribution is -2.30. The second kappa shape index (κ2) is 8.43. The molecule has 2 aliphatic rings. The fourth-order valence-electron chi connectivity index (χ4n) is 3.98. The second-order valence-electron chi connectivity index (χ2n) is 8.38. The molecule has 1 heterocycles. The van der Waals surface area contributed by atoms with Gasteiger partial charge in [0.05, 0.1) is 4.90 Å². The number of carbonyl (C=O) groups excluding carboxylic acids is 2. The summed E-state index contributed by atoms with van der Waals surface area (Å²) in [6, 6.07) is 10.6. The Morgan fingerprint density at radius 2 is 1.77 bits per heavy atom. The van der Waals surface area contributed by atoms with Crippen molar-refractivity contribution in [1.82, 2.24) is 4.72 Å². The first-order chi connectivity index (χ1) is 14.7. The SMILES string of the molecule is Cc1cc(C)cc(NC(=O)CCNS(=O)(=O)c2ccc3c(c2)CCN3C(=O)C2CC2)c1. The van der Waals surface area contributed by atoms with Crippen LogP contribution in [0.15, 0.2) is 41.3 Å². The molecule has 0 aromatic heterocycles. The van der Waals surface area contributed by atoms with Crippen molar-refractivity contribution >= 4 is 33.2 Å². The number of nitrogens with zero attached hydrogens (tertiary/aromatic N) is 1. The maximum absolute atomic E-state index is 12.7. The molecule has 1 aliphatic carbocycles. The van der Waals surface area contributed by atoms with Crippen molar-refractivity contribution in [3.8, 4) is 0 Å². The predicted molar refractivity (Wildman–Crippen MR) is 120 cm³/mol. The number of fused-ring (bicyclic) bond motifs is 1. The second-order valence-corrected chi connectivity index (χ2v) is 10.1. The Morgan fingerprint density at radius 1 is 1.06 bits per heavy atom. The molecule has 0 saturated heterocycles. The van der Waals surface area contributed by atoms with Gasteiger partial charge < -0.3 is 10.2 Å². The van der Waals surface area contributed by atoms with Crippen molar-refractivity contribution in [2.75, 3.05) is 23.3 Å². The van der Waals surface area contributed by atoms with Crippen molar-refractivity contribution in [2.24, 2.45) is 5.92 Å². The molecular formula is C23H27N3O4S. The van der Waals surface area contributed by atoms with Gasteiger partial charge in [-0.2, -0.15) is 0 Å². The fraction of sp³-hybridized carbons (Fsp3) is 0.391. The van der Waals surface area contributed by atoms with Gasteiger partial charge in [-0.3, -0.25) is 9.59 Å². The molecule has 31 heavy (non-hydrogen) atoms.